The van der Waals surface area contributed by atoms with E-state index in [4.69, 9.17) is 11.6 Å². The molecule has 8 heteroatoms. The number of hydrogen-bond acceptors (Lipinski definition) is 5. The first-order chi connectivity index (χ1) is 12.0. The zero-order valence-electron chi connectivity index (χ0n) is 13.4. The smallest absolute Gasteiger partial charge is 0.337 e. The van der Waals surface area contributed by atoms with Gasteiger partial charge < -0.3 is 15.4 Å². The number of anilines is 1. The highest BCUT2D eigenvalue weighted by molar-refractivity contribution is 6.34. The lowest BCUT2D eigenvalue weighted by molar-refractivity contribution is -0.126. The van der Waals surface area contributed by atoms with Gasteiger partial charge in [0.25, 0.3) is 0 Å². The second-order valence-corrected chi connectivity index (χ2v) is 5.45. The molecule has 0 aliphatic rings. The zero-order valence-corrected chi connectivity index (χ0v) is 14.2. The molecule has 0 aliphatic carbocycles. The summed E-state index contributed by atoms with van der Waals surface area (Å²) in [5.74, 6) is -1.53. The first-order valence-electron chi connectivity index (χ1n) is 7.33. The summed E-state index contributed by atoms with van der Waals surface area (Å²) >= 11 is 5.99. The van der Waals surface area contributed by atoms with Crippen molar-refractivity contribution >= 4 is 35.1 Å². The lowest BCUT2D eigenvalue weighted by atomic mass is 10.2. The van der Waals surface area contributed by atoms with E-state index in [1.165, 1.54) is 25.3 Å². The summed E-state index contributed by atoms with van der Waals surface area (Å²) in [5, 5.41) is 5.39. The van der Waals surface area contributed by atoms with E-state index in [9.17, 15) is 14.4 Å². The van der Waals surface area contributed by atoms with E-state index in [1.54, 1.807) is 24.5 Å². The third kappa shape index (κ3) is 5.58. The maximum atomic E-state index is 12.0. The van der Waals surface area contributed by atoms with Crippen LogP contribution in [0.4, 0.5) is 5.69 Å². The maximum absolute atomic E-state index is 12.0. The van der Waals surface area contributed by atoms with Crippen molar-refractivity contribution in [3.63, 3.8) is 0 Å². The predicted octanol–water partition coefficient (Wildman–Crippen LogP) is 2.17. The molecule has 0 aliphatic heterocycles. The Hall–Kier alpha value is -2.93. The molecule has 0 saturated carbocycles. The van der Waals surface area contributed by atoms with Crippen molar-refractivity contribution in [1.82, 2.24) is 10.3 Å². The second-order valence-electron chi connectivity index (χ2n) is 5.04. The van der Waals surface area contributed by atoms with E-state index >= 15 is 0 Å². The quantitative estimate of drug-likeness (QED) is 0.607. The summed E-state index contributed by atoms with van der Waals surface area (Å²) in [6.45, 7) is 0.299. The van der Waals surface area contributed by atoms with Gasteiger partial charge in [-0.2, -0.15) is 0 Å². The van der Waals surface area contributed by atoms with Gasteiger partial charge >= 0.3 is 5.97 Å². The Balaban J connectivity index is 1.91. The van der Waals surface area contributed by atoms with Gasteiger partial charge in [0, 0.05) is 18.9 Å². The van der Waals surface area contributed by atoms with Gasteiger partial charge in [-0.1, -0.05) is 11.6 Å². The van der Waals surface area contributed by atoms with Crippen LogP contribution in [0.2, 0.25) is 5.02 Å². The second kappa shape index (κ2) is 8.79. The van der Waals surface area contributed by atoms with Crippen molar-refractivity contribution in [2.24, 2.45) is 0 Å². The first kappa shape index (κ1) is 18.4. The predicted molar refractivity (Wildman–Crippen MR) is 92.1 cm³/mol. The third-order valence-corrected chi connectivity index (χ3v) is 3.55. The fourth-order valence-corrected chi connectivity index (χ4v) is 2.13. The summed E-state index contributed by atoms with van der Waals surface area (Å²) in [7, 11) is 1.25. The standard InChI is InChI=1S/C17H16ClN3O4/c1-25-17(24)12-2-3-13(18)14(8-12)21-16(23)9-15(22)20-10-11-4-6-19-7-5-11/h2-8H,9-10H2,1H3,(H,20,22)(H,21,23). The van der Waals surface area contributed by atoms with E-state index in [1.807, 2.05) is 0 Å². The van der Waals surface area contributed by atoms with Crippen LogP contribution in [0, 0.1) is 0 Å². The molecule has 0 atom stereocenters. The molecule has 130 valence electrons. The van der Waals surface area contributed by atoms with Crippen molar-refractivity contribution in [2.45, 2.75) is 13.0 Å². The molecule has 7 nitrogen and oxygen atoms in total. The van der Waals surface area contributed by atoms with Crippen molar-refractivity contribution in [1.29, 1.82) is 0 Å². The van der Waals surface area contributed by atoms with Gasteiger partial charge in [-0.15, -0.1) is 0 Å². The van der Waals surface area contributed by atoms with Crippen LogP contribution >= 0.6 is 11.6 Å². The molecular weight excluding hydrogens is 346 g/mol. The average molecular weight is 362 g/mol. The van der Waals surface area contributed by atoms with E-state index in [0.717, 1.165) is 5.56 Å². The largest absolute Gasteiger partial charge is 0.465 e. The highest BCUT2D eigenvalue weighted by Gasteiger charge is 2.13. The van der Waals surface area contributed by atoms with Crippen LogP contribution in [0.3, 0.4) is 0 Å². The molecule has 0 spiro atoms. The molecule has 1 aromatic heterocycles. The molecule has 0 radical (unpaired) electrons. The highest BCUT2D eigenvalue weighted by Crippen LogP contribution is 2.23. The van der Waals surface area contributed by atoms with Gasteiger partial charge in [-0.25, -0.2) is 4.79 Å². The normalized spacial score (nSPS) is 10.0. The first-order valence-corrected chi connectivity index (χ1v) is 7.70. The van der Waals surface area contributed by atoms with Crippen LogP contribution in [-0.4, -0.2) is 29.9 Å². The summed E-state index contributed by atoms with van der Waals surface area (Å²) in [5.41, 5.74) is 1.35. The lowest BCUT2D eigenvalue weighted by Gasteiger charge is -2.09. The summed E-state index contributed by atoms with van der Waals surface area (Å²) in [4.78, 5) is 39.2. The minimum Gasteiger partial charge on any atom is -0.465 e. The molecule has 0 bridgehead atoms. The zero-order chi connectivity index (χ0) is 18.2. The molecule has 0 fully saturated rings. The number of pyridine rings is 1. The molecule has 0 saturated heterocycles. The topological polar surface area (TPSA) is 97.4 Å². The number of rotatable bonds is 6. The SMILES string of the molecule is COC(=O)c1ccc(Cl)c(NC(=O)CC(=O)NCc2ccncc2)c1. The van der Waals surface area contributed by atoms with E-state index in [0.29, 0.717) is 6.54 Å². The number of hydrogen-bond donors (Lipinski definition) is 2. The molecule has 1 aromatic carbocycles. The molecule has 2 N–H and O–H groups in total. The molecule has 2 amide bonds. The van der Waals surface area contributed by atoms with E-state index < -0.39 is 17.8 Å². The van der Waals surface area contributed by atoms with Crippen molar-refractivity contribution < 1.29 is 19.1 Å². The fraction of sp³-hybridized carbons (Fsp3) is 0.176. The number of benzene rings is 1. The minimum atomic E-state index is -0.553. The Morgan fingerprint density at radius 1 is 1.12 bits per heavy atom. The number of carbonyl (C=O) groups excluding carboxylic acids is 3. The fourth-order valence-electron chi connectivity index (χ4n) is 1.97. The third-order valence-electron chi connectivity index (χ3n) is 3.22. The van der Waals surface area contributed by atoms with Gasteiger partial charge in [0.15, 0.2) is 0 Å². The molecule has 25 heavy (non-hydrogen) atoms. The molecule has 0 unspecified atom stereocenters. The van der Waals surface area contributed by atoms with Crippen LogP contribution in [-0.2, 0) is 20.9 Å². The number of amides is 2. The van der Waals surface area contributed by atoms with Crippen molar-refractivity contribution in [3.8, 4) is 0 Å². The van der Waals surface area contributed by atoms with Crippen LogP contribution in [0.25, 0.3) is 0 Å². The Kier molecular flexibility index (Phi) is 6.47. The Morgan fingerprint density at radius 2 is 1.84 bits per heavy atom. The minimum absolute atomic E-state index is 0.233. The summed E-state index contributed by atoms with van der Waals surface area (Å²) < 4.78 is 4.61. The van der Waals surface area contributed by atoms with Crippen molar-refractivity contribution in [2.75, 3.05) is 12.4 Å². The van der Waals surface area contributed by atoms with Gasteiger partial charge in [0.2, 0.25) is 11.8 Å². The highest BCUT2D eigenvalue weighted by atomic mass is 35.5. The number of ether oxygens (including phenoxy) is 1. The van der Waals surface area contributed by atoms with Crippen LogP contribution in [0.15, 0.2) is 42.7 Å². The number of methoxy groups -OCH3 is 1. The average Bonchev–Trinajstić information content (AvgIpc) is 2.62. The van der Waals surface area contributed by atoms with Crippen LogP contribution < -0.4 is 10.6 Å². The molecule has 2 aromatic rings. The molecule has 2 rings (SSSR count). The monoisotopic (exact) mass is 361 g/mol. The number of esters is 1. The maximum Gasteiger partial charge on any atom is 0.337 e. The van der Waals surface area contributed by atoms with Gasteiger partial charge in [0.1, 0.15) is 6.42 Å². The summed E-state index contributed by atoms with van der Waals surface area (Å²) in [6.07, 6.45) is 2.86. The Labute approximate surface area is 149 Å². The lowest BCUT2D eigenvalue weighted by Crippen LogP contribution is -2.27. The van der Waals surface area contributed by atoms with Crippen LogP contribution in [0.1, 0.15) is 22.3 Å². The van der Waals surface area contributed by atoms with Crippen LogP contribution in [0.5, 0.6) is 0 Å². The van der Waals surface area contributed by atoms with E-state index in [-0.39, 0.29) is 22.7 Å². The molecule has 1 heterocycles. The van der Waals surface area contributed by atoms with Gasteiger partial charge in [0.05, 0.1) is 23.4 Å². The Bertz CT molecular complexity index is 781. The number of carbonyl (C=O) groups is 3. The summed E-state index contributed by atoms with van der Waals surface area (Å²) in [6, 6.07) is 7.86. The van der Waals surface area contributed by atoms with Gasteiger partial charge in [-0.3, -0.25) is 14.6 Å². The molecular formula is C17H16ClN3O4. The van der Waals surface area contributed by atoms with Crippen molar-refractivity contribution in [3.05, 3.63) is 58.9 Å². The van der Waals surface area contributed by atoms with E-state index in [2.05, 4.69) is 20.4 Å². The Morgan fingerprint density at radius 3 is 2.52 bits per heavy atom. The number of nitrogens with zero attached hydrogens (tertiary/aromatic N) is 1. The van der Waals surface area contributed by atoms with Gasteiger partial charge in [-0.05, 0) is 35.9 Å². The number of nitrogens with one attached hydrogen (secondary N) is 2. The number of aromatic nitrogens is 1. The number of halogens is 1.